The molecule has 0 aromatic heterocycles. The van der Waals surface area contributed by atoms with Crippen molar-refractivity contribution in [1.29, 1.82) is 0 Å². The molecule has 0 rings (SSSR count). The van der Waals surface area contributed by atoms with E-state index in [1.54, 1.807) is 0 Å². The predicted molar refractivity (Wildman–Crippen MR) is 269 cm³/mol. The SMILES string of the molecule is CCCCCCCCCCCCCCCCCCCCCC(O)C(CO)NC(=O)CCCCCCC/C=C\CCCCOC(=O)CCCCCCCCCCCCCCCCC. The Kier molecular flexibility index (Phi) is 51.0. The van der Waals surface area contributed by atoms with Crippen LogP contribution in [0, 0.1) is 0 Å². The molecule has 0 bridgehead atoms. The minimum atomic E-state index is -0.682. The number of amides is 1. The quantitative estimate of drug-likeness (QED) is 0.0321. The molecule has 0 heterocycles. The van der Waals surface area contributed by atoms with Gasteiger partial charge in [0.15, 0.2) is 0 Å². The Morgan fingerprint density at radius 1 is 0.435 bits per heavy atom. The molecule has 0 aromatic carbocycles. The topological polar surface area (TPSA) is 95.9 Å². The summed E-state index contributed by atoms with van der Waals surface area (Å²) in [5.41, 5.74) is 0. The second-order valence-electron chi connectivity index (χ2n) is 19.3. The number of rotatable bonds is 52. The fraction of sp³-hybridized carbons (Fsp3) is 0.929. The molecule has 0 radical (unpaired) electrons. The second-order valence-corrected chi connectivity index (χ2v) is 19.3. The van der Waals surface area contributed by atoms with Gasteiger partial charge >= 0.3 is 5.97 Å². The van der Waals surface area contributed by atoms with E-state index in [0.717, 1.165) is 77.0 Å². The van der Waals surface area contributed by atoms with Crippen LogP contribution in [0.15, 0.2) is 12.2 Å². The van der Waals surface area contributed by atoms with Crippen molar-refractivity contribution >= 4 is 11.9 Å². The Balaban J connectivity index is 3.49. The standard InChI is InChI=1S/C56H109NO5/c1-3-5-7-9-11-13-15-17-19-20-21-22-24-25-28-32-36-40-44-48-54(59)53(52-58)57-55(60)49-45-41-37-33-29-27-31-35-39-43-47-51-62-56(61)50-46-42-38-34-30-26-23-18-16-14-12-10-8-6-4-2/h31,35,53-54,58-59H,3-30,32-34,36-52H2,1-2H3,(H,57,60)/b35-31-. The maximum absolute atomic E-state index is 12.5. The Labute approximate surface area is 387 Å². The lowest BCUT2D eigenvalue weighted by Crippen LogP contribution is -2.45. The third-order valence-corrected chi connectivity index (χ3v) is 13.1. The molecule has 3 N–H and O–H groups in total. The third kappa shape index (κ3) is 48.1. The first kappa shape index (κ1) is 60.6. The summed E-state index contributed by atoms with van der Waals surface area (Å²) in [5.74, 6) is -0.0884. The Morgan fingerprint density at radius 3 is 1.15 bits per heavy atom. The van der Waals surface area contributed by atoms with Gasteiger partial charge in [-0.3, -0.25) is 9.59 Å². The summed E-state index contributed by atoms with van der Waals surface area (Å²) in [6.07, 6.45) is 60.5. The minimum Gasteiger partial charge on any atom is -0.466 e. The van der Waals surface area contributed by atoms with Gasteiger partial charge in [0, 0.05) is 12.8 Å². The first-order chi connectivity index (χ1) is 30.5. The highest BCUT2D eigenvalue weighted by atomic mass is 16.5. The van der Waals surface area contributed by atoms with Gasteiger partial charge in [-0.1, -0.05) is 257 Å². The Hall–Kier alpha value is -1.40. The smallest absolute Gasteiger partial charge is 0.305 e. The summed E-state index contributed by atoms with van der Waals surface area (Å²) in [6, 6.07) is -0.562. The number of carbonyl (C=O) groups excluding carboxylic acids is 2. The zero-order valence-electron chi connectivity index (χ0n) is 41.9. The first-order valence-electron chi connectivity index (χ1n) is 27.9. The van der Waals surface area contributed by atoms with Gasteiger partial charge in [0.1, 0.15) is 0 Å². The summed E-state index contributed by atoms with van der Waals surface area (Å²) in [6.45, 7) is 4.90. The van der Waals surface area contributed by atoms with Crippen LogP contribution in [0.3, 0.4) is 0 Å². The molecular formula is C56H109NO5. The number of aliphatic hydroxyl groups is 2. The number of hydrogen-bond acceptors (Lipinski definition) is 5. The predicted octanol–water partition coefficient (Wildman–Crippen LogP) is 16.9. The zero-order chi connectivity index (χ0) is 45.1. The van der Waals surface area contributed by atoms with E-state index in [1.165, 1.54) is 199 Å². The number of allylic oxidation sites excluding steroid dienone is 2. The van der Waals surface area contributed by atoms with E-state index in [-0.39, 0.29) is 18.5 Å². The summed E-state index contributed by atoms with van der Waals surface area (Å²) in [5, 5.41) is 23.3. The van der Waals surface area contributed by atoms with Crippen LogP contribution in [-0.2, 0) is 14.3 Å². The molecule has 62 heavy (non-hydrogen) atoms. The largest absolute Gasteiger partial charge is 0.466 e. The van der Waals surface area contributed by atoms with Crippen LogP contribution >= 0.6 is 0 Å². The molecule has 0 aliphatic heterocycles. The van der Waals surface area contributed by atoms with Crippen molar-refractivity contribution in [2.75, 3.05) is 13.2 Å². The number of unbranched alkanes of at least 4 members (excludes halogenated alkanes) is 39. The molecule has 2 unspecified atom stereocenters. The van der Waals surface area contributed by atoms with Crippen molar-refractivity contribution in [2.45, 2.75) is 321 Å². The zero-order valence-corrected chi connectivity index (χ0v) is 41.9. The van der Waals surface area contributed by atoms with Crippen molar-refractivity contribution in [1.82, 2.24) is 5.32 Å². The van der Waals surface area contributed by atoms with E-state index in [9.17, 15) is 19.8 Å². The summed E-state index contributed by atoms with van der Waals surface area (Å²) in [7, 11) is 0. The summed E-state index contributed by atoms with van der Waals surface area (Å²) >= 11 is 0. The summed E-state index contributed by atoms with van der Waals surface area (Å²) in [4.78, 5) is 24.5. The average Bonchev–Trinajstić information content (AvgIpc) is 3.27. The maximum atomic E-state index is 12.5. The van der Waals surface area contributed by atoms with Gasteiger partial charge in [-0.15, -0.1) is 0 Å². The Morgan fingerprint density at radius 2 is 0.758 bits per heavy atom. The molecule has 0 aromatic rings. The normalized spacial score (nSPS) is 12.6. The van der Waals surface area contributed by atoms with Crippen molar-refractivity contribution in [3.63, 3.8) is 0 Å². The van der Waals surface area contributed by atoms with Gasteiger partial charge in [0.25, 0.3) is 0 Å². The van der Waals surface area contributed by atoms with Crippen molar-refractivity contribution in [2.24, 2.45) is 0 Å². The lowest BCUT2D eigenvalue weighted by atomic mass is 10.0. The highest BCUT2D eigenvalue weighted by Gasteiger charge is 2.20. The number of ether oxygens (including phenoxy) is 1. The van der Waals surface area contributed by atoms with Crippen LogP contribution in [0.4, 0.5) is 0 Å². The molecule has 368 valence electrons. The van der Waals surface area contributed by atoms with E-state index in [0.29, 0.717) is 25.9 Å². The fourth-order valence-corrected chi connectivity index (χ4v) is 8.75. The maximum Gasteiger partial charge on any atom is 0.305 e. The molecule has 0 fully saturated rings. The fourth-order valence-electron chi connectivity index (χ4n) is 8.75. The molecule has 0 aliphatic rings. The van der Waals surface area contributed by atoms with Crippen molar-refractivity contribution in [3.8, 4) is 0 Å². The van der Waals surface area contributed by atoms with Gasteiger partial charge in [0.05, 0.1) is 25.4 Å². The molecule has 0 saturated carbocycles. The number of carbonyl (C=O) groups is 2. The number of nitrogens with one attached hydrogen (secondary N) is 1. The second kappa shape index (κ2) is 52.2. The van der Waals surface area contributed by atoms with Crippen LogP contribution in [0.1, 0.15) is 309 Å². The van der Waals surface area contributed by atoms with Crippen LogP contribution in [0.5, 0.6) is 0 Å². The monoisotopic (exact) mass is 876 g/mol. The Bertz CT molecular complexity index is 924. The van der Waals surface area contributed by atoms with E-state index in [2.05, 4.69) is 31.3 Å². The van der Waals surface area contributed by atoms with E-state index >= 15 is 0 Å². The highest BCUT2D eigenvalue weighted by molar-refractivity contribution is 5.76. The molecule has 0 spiro atoms. The molecule has 0 aliphatic carbocycles. The average molecular weight is 876 g/mol. The lowest BCUT2D eigenvalue weighted by Gasteiger charge is -2.22. The van der Waals surface area contributed by atoms with Gasteiger partial charge in [-0.25, -0.2) is 0 Å². The highest BCUT2D eigenvalue weighted by Crippen LogP contribution is 2.17. The van der Waals surface area contributed by atoms with Crippen LogP contribution in [-0.4, -0.2) is 47.4 Å². The van der Waals surface area contributed by atoms with Crippen molar-refractivity contribution in [3.05, 3.63) is 12.2 Å². The first-order valence-corrected chi connectivity index (χ1v) is 27.9. The van der Waals surface area contributed by atoms with E-state index < -0.39 is 12.1 Å². The van der Waals surface area contributed by atoms with Crippen LogP contribution in [0.2, 0.25) is 0 Å². The van der Waals surface area contributed by atoms with E-state index in [4.69, 9.17) is 4.74 Å². The molecule has 6 nitrogen and oxygen atoms in total. The molecule has 2 atom stereocenters. The lowest BCUT2D eigenvalue weighted by molar-refractivity contribution is -0.143. The van der Waals surface area contributed by atoms with Crippen molar-refractivity contribution < 1.29 is 24.5 Å². The minimum absolute atomic E-state index is 0.0275. The van der Waals surface area contributed by atoms with Gasteiger partial charge < -0.3 is 20.3 Å². The van der Waals surface area contributed by atoms with Crippen LogP contribution < -0.4 is 5.32 Å². The molecule has 1 amide bonds. The third-order valence-electron chi connectivity index (χ3n) is 13.1. The summed E-state index contributed by atoms with van der Waals surface area (Å²) < 4.78 is 5.45. The molecule has 0 saturated heterocycles. The van der Waals surface area contributed by atoms with Crippen LogP contribution in [0.25, 0.3) is 0 Å². The van der Waals surface area contributed by atoms with Gasteiger partial charge in [-0.05, 0) is 51.4 Å². The van der Waals surface area contributed by atoms with E-state index in [1.807, 2.05) is 0 Å². The van der Waals surface area contributed by atoms with Gasteiger partial charge in [0.2, 0.25) is 5.91 Å². The molecule has 6 heteroatoms. The number of hydrogen-bond donors (Lipinski definition) is 3. The number of esters is 1. The molecular weight excluding hydrogens is 767 g/mol. The van der Waals surface area contributed by atoms with Gasteiger partial charge in [-0.2, -0.15) is 0 Å². The number of aliphatic hydroxyl groups excluding tert-OH is 2.